The highest BCUT2D eigenvalue weighted by Crippen LogP contribution is 2.32. The van der Waals surface area contributed by atoms with Crippen molar-refractivity contribution in [2.45, 2.75) is 9.92 Å². The Morgan fingerprint density at radius 1 is 1.05 bits per heavy atom. The van der Waals surface area contributed by atoms with Gasteiger partial charge in [-0.2, -0.15) is 0 Å². The summed E-state index contributed by atoms with van der Waals surface area (Å²) in [6.07, 6.45) is 4.85. The Hall–Kier alpha value is -2.40. The highest BCUT2D eigenvalue weighted by Gasteiger charge is 2.12. The fourth-order valence-electron chi connectivity index (χ4n) is 1.94. The van der Waals surface area contributed by atoms with Crippen LogP contribution in [-0.4, -0.2) is 21.0 Å². The molecule has 0 aliphatic rings. The molecule has 5 heteroatoms. The van der Waals surface area contributed by atoms with Crippen molar-refractivity contribution in [3.05, 3.63) is 60.6 Å². The second-order valence-electron chi connectivity index (χ2n) is 4.11. The lowest BCUT2D eigenvalue weighted by atomic mass is 10.1. The number of benzene rings is 1. The molecule has 4 nitrogen and oxygen atoms in total. The number of hydrogen-bond donors (Lipinski definition) is 1. The fraction of sp³-hybridized carbons (Fsp3) is 0. The molecule has 0 bridgehead atoms. The minimum atomic E-state index is -0.964. The summed E-state index contributed by atoms with van der Waals surface area (Å²) < 4.78 is 0. The Bertz CT molecular complexity index is 775. The second-order valence-corrected chi connectivity index (χ2v) is 5.17. The normalized spacial score (nSPS) is 10.6. The lowest BCUT2D eigenvalue weighted by Crippen LogP contribution is -1.99. The van der Waals surface area contributed by atoms with Gasteiger partial charge in [-0.15, -0.1) is 0 Å². The minimum absolute atomic E-state index is 0.222. The maximum Gasteiger partial charge on any atom is 0.337 e. The van der Waals surface area contributed by atoms with Crippen LogP contribution < -0.4 is 0 Å². The number of aromatic nitrogens is 2. The number of rotatable bonds is 3. The predicted molar refractivity (Wildman–Crippen MR) is 77.1 cm³/mol. The van der Waals surface area contributed by atoms with Crippen molar-refractivity contribution in [3.8, 4) is 0 Å². The zero-order chi connectivity index (χ0) is 13.9. The monoisotopic (exact) mass is 282 g/mol. The molecule has 0 unspecified atom stereocenters. The molecular weight excluding hydrogens is 272 g/mol. The first kappa shape index (κ1) is 12.6. The Balaban J connectivity index is 2.13. The molecule has 0 saturated heterocycles. The van der Waals surface area contributed by atoms with Crippen LogP contribution in [0.1, 0.15) is 10.4 Å². The summed E-state index contributed by atoms with van der Waals surface area (Å²) in [6.45, 7) is 0. The fourth-order valence-corrected chi connectivity index (χ4v) is 2.81. The van der Waals surface area contributed by atoms with Crippen LogP contribution >= 0.6 is 11.8 Å². The number of carbonyl (C=O) groups is 1. The molecule has 0 amide bonds. The third kappa shape index (κ3) is 2.35. The minimum Gasteiger partial charge on any atom is -0.478 e. The highest BCUT2D eigenvalue weighted by atomic mass is 32.2. The number of nitrogens with zero attached hydrogens (tertiary/aromatic N) is 2. The van der Waals surface area contributed by atoms with E-state index in [4.69, 9.17) is 0 Å². The SMILES string of the molecule is O=C(O)c1cnc(Sc2ccncc2)c2ccccc12. The summed E-state index contributed by atoms with van der Waals surface area (Å²) in [4.78, 5) is 20.5. The van der Waals surface area contributed by atoms with Gasteiger partial charge in [-0.1, -0.05) is 36.0 Å². The third-order valence-electron chi connectivity index (χ3n) is 2.85. The van der Waals surface area contributed by atoms with Crippen LogP contribution in [0.4, 0.5) is 0 Å². The lowest BCUT2D eigenvalue weighted by molar-refractivity contribution is 0.0698. The van der Waals surface area contributed by atoms with Gasteiger partial charge in [0.25, 0.3) is 0 Å². The van der Waals surface area contributed by atoms with E-state index in [2.05, 4.69) is 9.97 Å². The number of fused-ring (bicyclic) bond motifs is 1. The van der Waals surface area contributed by atoms with Crippen LogP contribution in [0.5, 0.6) is 0 Å². The number of aromatic carboxylic acids is 1. The van der Waals surface area contributed by atoms with E-state index in [0.29, 0.717) is 5.39 Å². The van der Waals surface area contributed by atoms with E-state index in [9.17, 15) is 9.90 Å². The van der Waals surface area contributed by atoms with Crippen molar-refractivity contribution >= 4 is 28.5 Å². The number of hydrogen-bond acceptors (Lipinski definition) is 4. The topological polar surface area (TPSA) is 63.1 Å². The highest BCUT2D eigenvalue weighted by molar-refractivity contribution is 7.99. The van der Waals surface area contributed by atoms with E-state index in [1.807, 2.05) is 30.3 Å². The van der Waals surface area contributed by atoms with E-state index in [-0.39, 0.29) is 5.56 Å². The summed E-state index contributed by atoms with van der Waals surface area (Å²) in [5.74, 6) is -0.964. The molecule has 20 heavy (non-hydrogen) atoms. The number of pyridine rings is 2. The summed E-state index contributed by atoms with van der Waals surface area (Å²) in [5.41, 5.74) is 0.222. The van der Waals surface area contributed by atoms with Gasteiger partial charge in [-0.05, 0) is 12.1 Å². The van der Waals surface area contributed by atoms with Gasteiger partial charge in [0.15, 0.2) is 0 Å². The third-order valence-corrected chi connectivity index (χ3v) is 3.88. The van der Waals surface area contributed by atoms with Gasteiger partial charge in [0.1, 0.15) is 5.03 Å². The van der Waals surface area contributed by atoms with E-state index in [1.54, 1.807) is 18.5 Å². The second kappa shape index (κ2) is 5.30. The molecule has 0 aliphatic carbocycles. The zero-order valence-corrected chi connectivity index (χ0v) is 11.2. The van der Waals surface area contributed by atoms with Gasteiger partial charge in [0, 0.05) is 34.3 Å². The van der Waals surface area contributed by atoms with Crippen molar-refractivity contribution in [1.29, 1.82) is 0 Å². The molecule has 0 saturated carbocycles. The van der Waals surface area contributed by atoms with Gasteiger partial charge in [0.2, 0.25) is 0 Å². The molecule has 2 aromatic heterocycles. The van der Waals surface area contributed by atoms with E-state index in [1.165, 1.54) is 18.0 Å². The van der Waals surface area contributed by atoms with Crippen LogP contribution in [0, 0.1) is 0 Å². The Morgan fingerprint density at radius 2 is 1.75 bits per heavy atom. The molecule has 98 valence electrons. The largest absolute Gasteiger partial charge is 0.478 e. The first-order valence-corrected chi connectivity index (χ1v) is 6.76. The molecule has 0 radical (unpaired) electrons. The summed E-state index contributed by atoms with van der Waals surface area (Å²) >= 11 is 1.49. The molecule has 2 heterocycles. The van der Waals surface area contributed by atoms with Crippen molar-refractivity contribution in [2.75, 3.05) is 0 Å². The van der Waals surface area contributed by atoms with Crippen LogP contribution in [-0.2, 0) is 0 Å². The molecular formula is C15H10N2O2S. The molecule has 1 aromatic carbocycles. The number of carboxylic acids is 1. The van der Waals surface area contributed by atoms with Gasteiger partial charge in [0.05, 0.1) is 5.56 Å². The Labute approximate surface area is 119 Å². The van der Waals surface area contributed by atoms with E-state index >= 15 is 0 Å². The van der Waals surface area contributed by atoms with E-state index in [0.717, 1.165) is 15.3 Å². The first-order valence-electron chi connectivity index (χ1n) is 5.94. The van der Waals surface area contributed by atoms with Crippen molar-refractivity contribution in [3.63, 3.8) is 0 Å². The van der Waals surface area contributed by atoms with Crippen LogP contribution in [0.2, 0.25) is 0 Å². The molecule has 0 fully saturated rings. The molecule has 0 spiro atoms. The quantitative estimate of drug-likeness (QED) is 0.796. The first-order chi connectivity index (χ1) is 9.75. The Morgan fingerprint density at radius 3 is 2.45 bits per heavy atom. The van der Waals surface area contributed by atoms with Crippen molar-refractivity contribution < 1.29 is 9.90 Å². The molecule has 1 N–H and O–H groups in total. The lowest BCUT2D eigenvalue weighted by Gasteiger charge is -2.07. The van der Waals surface area contributed by atoms with E-state index < -0.39 is 5.97 Å². The van der Waals surface area contributed by atoms with Gasteiger partial charge in [-0.25, -0.2) is 9.78 Å². The molecule has 3 aromatic rings. The summed E-state index contributed by atoms with van der Waals surface area (Å²) in [7, 11) is 0. The average Bonchev–Trinajstić information content (AvgIpc) is 2.48. The average molecular weight is 282 g/mol. The molecule has 0 aliphatic heterocycles. The molecule has 0 atom stereocenters. The number of carboxylic acid groups (broad SMARTS) is 1. The molecule has 3 rings (SSSR count). The Kier molecular flexibility index (Phi) is 3.35. The predicted octanol–water partition coefficient (Wildman–Crippen LogP) is 3.48. The van der Waals surface area contributed by atoms with Crippen molar-refractivity contribution in [1.82, 2.24) is 9.97 Å². The van der Waals surface area contributed by atoms with Crippen LogP contribution in [0.15, 0.2) is 64.9 Å². The summed E-state index contributed by atoms with van der Waals surface area (Å²) in [5, 5.41) is 11.5. The van der Waals surface area contributed by atoms with Crippen LogP contribution in [0.3, 0.4) is 0 Å². The standard InChI is InChI=1S/C15H10N2O2S/c18-15(19)13-9-17-14(12-4-2-1-3-11(12)13)20-10-5-7-16-8-6-10/h1-9H,(H,18,19). The maximum absolute atomic E-state index is 11.2. The summed E-state index contributed by atoms with van der Waals surface area (Å²) in [6, 6.07) is 11.2. The zero-order valence-electron chi connectivity index (χ0n) is 10.4. The maximum atomic E-state index is 11.2. The van der Waals surface area contributed by atoms with Crippen molar-refractivity contribution in [2.24, 2.45) is 0 Å². The van der Waals surface area contributed by atoms with Gasteiger partial charge < -0.3 is 5.11 Å². The van der Waals surface area contributed by atoms with Crippen LogP contribution in [0.25, 0.3) is 10.8 Å². The van der Waals surface area contributed by atoms with Gasteiger partial charge >= 0.3 is 5.97 Å². The smallest absolute Gasteiger partial charge is 0.337 e. The van der Waals surface area contributed by atoms with Gasteiger partial charge in [-0.3, -0.25) is 4.98 Å².